The standard InChI is InChI=1S/C9H7NO2/c1-3-7-5-10-8(6-11)4-9(7)12-2/h1,4-6H,2H3. The zero-order valence-electron chi connectivity index (χ0n) is 6.57. The molecule has 60 valence electrons. The van der Waals surface area contributed by atoms with Crippen LogP contribution in [0.2, 0.25) is 0 Å². The van der Waals surface area contributed by atoms with Crippen LogP contribution in [0.4, 0.5) is 0 Å². The molecule has 0 N–H and O–H groups in total. The topological polar surface area (TPSA) is 39.2 Å². The molecule has 0 aliphatic carbocycles. The highest BCUT2D eigenvalue weighted by atomic mass is 16.5. The summed E-state index contributed by atoms with van der Waals surface area (Å²) in [6.45, 7) is 0. The average Bonchev–Trinajstić information content (AvgIpc) is 2.16. The van der Waals surface area contributed by atoms with Gasteiger partial charge in [-0.25, -0.2) is 0 Å². The Morgan fingerprint density at radius 1 is 1.75 bits per heavy atom. The Bertz CT molecular complexity index is 339. The van der Waals surface area contributed by atoms with Crippen molar-refractivity contribution in [3.63, 3.8) is 0 Å². The highest BCUT2D eigenvalue weighted by Crippen LogP contribution is 2.15. The number of hydrogen-bond acceptors (Lipinski definition) is 3. The maximum absolute atomic E-state index is 10.3. The molecule has 0 aliphatic heterocycles. The molecule has 0 radical (unpaired) electrons. The number of hydrogen-bond donors (Lipinski definition) is 0. The van der Waals surface area contributed by atoms with Gasteiger partial charge < -0.3 is 4.74 Å². The van der Waals surface area contributed by atoms with Gasteiger partial charge in [0.25, 0.3) is 0 Å². The minimum absolute atomic E-state index is 0.311. The van der Waals surface area contributed by atoms with Gasteiger partial charge in [0.05, 0.1) is 12.7 Å². The number of aromatic nitrogens is 1. The van der Waals surface area contributed by atoms with E-state index in [4.69, 9.17) is 11.2 Å². The number of carbonyl (C=O) groups excluding carboxylic acids is 1. The van der Waals surface area contributed by atoms with E-state index in [1.54, 1.807) is 0 Å². The summed E-state index contributed by atoms with van der Waals surface area (Å²) in [5, 5.41) is 0. The fourth-order valence-electron chi connectivity index (χ4n) is 0.794. The maximum Gasteiger partial charge on any atom is 0.168 e. The highest BCUT2D eigenvalue weighted by Gasteiger charge is 2.01. The Balaban J connectivity index is 3.21. The molecule has 0 bridgehead atoms. The van der Waals surface area contributed by atoms with Crippen LogP contribution < -0.4 is 4.74 Å². The van der Waals surface area contributed by atoms with E-state index in [9.17, 15) is 4.79 Å². The summed E-state index contributed by atoms with van der Waals surface area (Å²) in [7, 11) is 1.49. The fraction of sp³-hybridized carbons (Fsp3) is 0.111. The van der Waals surface area contributed by atoms with Gasteiger partial charge in [-0.15, -0.1) is 6.42 Å². The van der Waals surface area contributed by atoms with Gasteiger partial charge in [0.2, 0.25) is 0 Å². The minimum atomic E-state index is 0.311. The molecule has 0 saturated carbocycles. The van der Waals surface area contributed by atoms with E-state index < -0.39 is 0 Å². The smallest absolute Gasteiger partial charge is 0.168 e. The van der Waals surface area contributed by atoms with Gasteiger partial charge in [-0.1, -0.05) is 5.92 Å². The molecule has 12 heavy (non-hydrogen) atoms. The fourth-order valence-corrected chi connectivity index (χ4v) is 0.794. The molecular formula is C9H7NO2. The van der Waals surface area contributed by atoms with Crippen LogP contribution >= 0.6 is 0 Å². The molecular weight excluding hydrogens is 154 g/mol. The van der Waals surface area contributed by atoms with Crippen LogP contribution in [0.1, 0.15) is 16.1 Å². The number of pyridine rings is 1. The molecule has 1 aromatic rings. The summed E-state index contributed by atoms with van der Waals surface area (Å²) in [6.07, 6.45) is 7.23. The Kier molecular flexibility index (Phi) is 2.44. The van der Waals surface area contributed by atoms with Crippen molar-refractivity contribution >= 4 is 6.29 Å². The number of carbonyl (C=O) groups is 1. The minimum Gasteiger partial charge on any atom is -0.495 e. The van der Waals surface area contributed by atoms with E-state index in [-0.39, 0.29) is 0 Å². The molecule has 1 rings (SSSR count). The molecule has 0 fully saturated rings. The zero-order valence-corrected chi connectivity index (χ0v) is 6.57. The molecule has 0 amide bonds. The summed E-state index contributed by atoms with van der Waals surface area (Å²) in [5.74, 6) is 2.89. The van der Waals surface area contributed by atoms with Crippen molar-refractivity contribution in [2.24, 2.45) is 0 Å². The highest BCUT2D eigenvalue weighted by molar-refractivity contribution is 5.73. The lowest BCUT2D eigenvalue weighted by Crippen LogP contribution is -1.93. The van der Waals surface area contributed by atoms with Crippen LogP contribution in [0.25, 0.3) is 0 Å². The SMILES string of the molecule is C#Cc1cnc(C=O)cc1OC. The van der Waals surface area contributed by atoms with Crippen molar-refractivity contribution < 1.29 is 9.53 Å². The first kappa shape index (κ1) is 8.28. The zero-order chi connectivity index (χ0) is 8.97. The third kappa shape index (κ3) is 1.43. The van der Waals surface area contributed by atoms with Gasteiger partial charge in [0.15, 0.2) is 6.29 Å². The van der Waals surface area contributed by atoms with Crippen LogP contribution in [0, 0.1) is 12.3 Å². The van der Waals surface area contributed by atoms with Crippen molar-refractivity contribution in [1.82, 2.24) is 4.98 Å². The predicted octanol–water partition coefficient (Wildman–Crippen LogP) is 0.884. The van der Waals surface area contributed by atoms with Gasteiger partial charge in [0.1, 0.15) is 11.4 Å². The van der Waals surface area contributed by atoms with E-state index in [1.807, 2.05) is 0 Å². The molecule has 0 atom stereocenters. The van der Waals surface area contributed by atoms with Gasteiger partial charge in [-0.3, -0.25) is 9.78 Å². The number of terminal acetylenes is 1. The quantitative estimate of drug-likeness (QED) is 0.477. The van der Waals surface area contributed by atoms with Gasteiger partial charge in [0, 0.05) is 12.3 Å². The molecule has 0 spiro atoms. The summed E-state index contributed by atoms with van der Waals surface area (Å²) in [4.78, 5) is 14.1. The predicted molar refractivity (Wildman–Crippen MR) is 44.1 cm³/mol. The van der Waals surface area contributed by atoms with E-state index in [1.165, 1.54) is 19.4 Å². The van der Waals surface area contributed by atoms with Crippen LogP contribution in [0.15, 0.2) is 12.3 Å². The Labute approximate surface area is 70.4 Å². The molecule has 1 aromatic heterocycles. The average molecular weight is 161 g/mol. The Morgan fingerprint density at radius 2 is 2.50 bits per heavy atom. The van der Waals surface area contributed by atoms with E-state index in [0.717, 1.165) is 0 Å². The first-order chi connectivity index (χ1) is 5.81. The summed E-state index contributed by atoms with van der Waals surface area (Å²) in [5.41, 5.74) is 0.856. The maximum atomic E-state index is 10.3. The lowest BCUT2D eigenvalue weighted by atomic mass is 10.2. The Hall–Kier alpha value is -1.82. The van der Waals surface area contributed by atoms with Crippen LogP contribution in [-0.2, 0) is 0 Å². The molecule has 0 saturated heterocycles. The number of aldehydes is 1. The third-order valence-corrected chi connectivity index (χ3v) is 1.38. The number of methoxy groups -OCH3 is 1. The summed E-state index contributed by atoms with van der Waals surface area (Å²) >= 11 is 0. The van der Waals surface area contributed by atoms with Crippen molar-refractivity contribution in [3.05, 3.63) is 23.5 Å². The first-order valence-corrected chi connectivity index (χ1v) is 3.27. The van der Waals surface area contributed by atoms with Crippen molar-refractivity contribution in [3.8, 4) is 18.1 Å². The van der Waals surface area contributed by atoms with Crippen LogP contribution in [0.3, 0.4) is 0 Å². The van der Waals surface area contributed by atoms with Crippen molar-refractivity contribution in [1.29, 1.82) is 0 Å². The molecule has 0 aliphatic rings. The van der Waals surface area contributed by atoms with E-state index in [0.29, 0.717) is 23.3 Å². The number of ether oxygens (including phenoxy) is 1. The summed E-state index contributed by atoms with van der Waals surface area (Å²) in [6, 6.07) is 1.50. The second kappa shape index (κ2) is 3.54. The molecule has 0 aromatic carbocycles. The van der Waals surface area contributed by atoms with Crippen LogP contribution in [0.5, 0.6) is 5.75 Å². The normalized spacial score (nSPS) is 8.67. The van der Waals surface area contributed by atoms with Gasteiger partial charge >= 0.3 is 0 Å². The van der Waals surface area contributed by atoms with Gasteiger partial charge in [-0.05, 0) is 0 Å². The lowest BCUT2D eigenvalue weighted by molar-refractivity contribution is 0.111. The molecule has 1 heterocycles. The largest absolute Gasteiger partial charge is 0.495 e. The second-order valence-electron chi connectivity index (χ2n) is 2.07. The van der Waals surface area contributed by atoms with Gasteiger partial charge in [-0.2, -0.15) is 0 Å². The summed E-state index contributed by atoms with van der Waals surface area (Å²) < 4.78 is 4.94. The van der Waals surface area contributed by atoms with E-state index in [2.05, 4.69) is 10.9 Å². The first-order valence-electron chi connectivity index (χ1n) is 3.27. The number of nitrogens with zero attached hydrogens (tertiary/aromatic N) is 1. The van der Waals surface area contributed by atoms with Crippen LogP contribution in [-0.4, -0.2) is 18.4 Å². The molecule has 3 nitrogen and oxygen atoms in total. The third-order valence-electron chi connectivity index (χ3n) is 1.38. The van der Waals surface area contributed by atoms with Crippen molar-refractivity contribution in [2.45, 2.75) is 0 Å². The molecule has 0 unspecified atom stereocenters. The second-order valence-corrected chi connectivity index (χ2v) is 2.07. The Morgan fingerprint density at radius 3 is 3.00 bits per heavy atom. The van der Waals surface area contributed by atoms with Crippen molar-refractivity contribution in [2.75, 3.05) is 7.11 Å². The monoisotopic (exact) mass is 161 g/mol. The lowest BCUT2D eigenvalue weighted by Gasteiger charge is -2.01. The van der Waals surface area contributed by atoms with E-state index >= 15 is 0 Å². The number of rotatable bonds is 2. The molecule has 3 heteroatoms.